The first-order valence-electron chi connectivity index (χ1n) is 6.56. The second-order valence-electron chi connectivity index (χ2n) is 4.67. The van der Waals surface area contributed by atoms with Crippen LogP contribution in [0.3, 0.4) is 0 Å². The third kappa shape index (κ3) is 5.83. The van der Waals surface area contributed by atoms with Crippen molar-refractivity contribution >= 4 is 5.97 Å². The molecule has 0 bridgehead atoms. The average Bonchev–Trinajstić information content (AvgIpc) is 2.38. The molecule has 1 N–H and O–H groups in total. The lowest BCUT2D eigenvalue weighted by molar-refractivity contribution is -0.145. The van der Waals surface area contributed by atoms with Crippen molar-refractivity contribution in [1.29, 1.82) is 5.26 Å². The molecule has 0 heterocycles. The number of hydrogen-bond acceptors (Lipinski definition) is 5. The molecule has 5 heteroatoms. The molecule has 108 valence electrons. The van der Waals surface area contributed by atoms with Crippen molar-refractivity contribution in [2.24, 2.45) is 0 Å². The predicted molar refractivity (Wildman–Crippen MR) is 74.7 cm³/mol. The number of aliphatic hydroxyl groups is 1. The molecule has 0 amide bonds. The summed E-state index contributed by atoms with van der Waals surface area (Å²) < 4.78 is 4.79. The van der Waals surface area contributed by atoms with Crippen LogP contribution in [0.25, 0.3) is 0 Å². The fourth-order valence-electron chi connectivity index (χ4n) is 1.95. The van der Waals surface area contributed by atoms with E-state index in [-0.39, 0.29) is 12.4 Å². The van der Waals surface area contributed by atoms with Crippen LogP contribution in [0.5, 0.6) is 0 Å². The van der Waals surface area contributed by atoms with Crippen molar-refractivity contribution in [2.45, 2.75) is 26.0 Å². The number of aliphatic hydroxyl groups excluding tert-OH is 1. The van der Waals surface area contributed by atoms with Crippen LogP contribution in [0, 0.1) is 11.3 Å². The number of likely N-dealkylation sites (N-methyl/N-ethyl adjacent to an activating group) is 1. The molecule has 0 aliphatic rings. The quantitative estimate of drug-likeness (QED) is 0.760. The van der Waals surface area contributed by atoms with Crippen molar-refractivity contribution in [3.8, 4) is 6.07 Å². The van der Waals surface area contributed by atoms with Gasteiger partial charge in [0.05, 0.1) is 30.8 Å². The Hall–Kier alpha value is -1.90. The Balaban J connectivity index is 2.44. The summed E-state index contributed by atoms with van der Waals surface area (Å²) in [6, 6.07) is 9.41. The molecule has 1 aromatic rings. The Labute approximate surface area is 119 Å². The Morgan fingerprint density at radius 2 is 2.30 bits per heavy atom. The van der Waals surface area contributed by atoms with Crippen molar-refractivity contribution < 1.29 is 14.6 Å². The van der Waals surface area contributed by atoms with Crippen molar-refractivity contribution in [3.05, 3.63) is 35.4 Å². The fraction of sp³-hybridized carbons (Fsp3) is 0.467. The van der Waals surface area contributed by atoms with Gasteiger partial charge in [-0.05, 0) is 31.7 Å². The lowest BCUT2D eigenvalue weighted by Gasteiger charge is -2.20. The summed E-state index contributed by atoms with van der Waals surface area (Å²) >= 11 is 0. The number of esters is 1. The maximum Gasteiger partial charge on any atom is 0.308 e. The van der Waals surface area contributed by atoms with Crippen LogP contribution in [0.15, 0.2) is 24.3 Å². The number of carbonyl (C=O) groups excluding carboxylic acids is 1. The van der Waals surface area contributed by atoms with Gasteiger partial charge in [-0.1, -0.05) is 12.1 Å². The molecule has 20 heavy (non-hydrogen) atoms. The minimum absolute atomic E-state index is 0.00356. The van der Waals surface area contributed by atoms with Gasteiger partial charge in [-0.3, -0.25) is 9.69 Å². The highest BCUT2D eigenvalue weighted by molar-refractivity contribution is 5.69. The van der Waals surface area contributed by atoms with Crippen LogP contribution >= 0.6 is 0 Å². The van der Waals surface area contributed by atoms with Crippen LogP contribution < -0.4 is 0 Å². The molecule has 0 aromatic heterocycles. The molecule has 1 aromatic carbocycles. The van der Waals surface area contributed by atoms with Crippen molar-refractivity contribution in [2.75, 3.05) is 20.2 Å². The summed E-state index contributed by atoms with van der Waals surface area (Å²) in [5.41, 5.74) is 1.61. The lowest BCUT2D eigenvalue weighted by Crippen LogP contribution is -2.30. The van der Waals surface area contributed by atoms with Gasteiger partial charge in [-0.25, -0.2) is 0 Å². The zero-order valence-corrected chi connectivity index (χ0v) is 11.9. The van der Waals surface area contributed by atoms with Crippen LogP contribution in [0.2, 0.25) is 0 Å². The molecule has 0 aliphatic heterocycles. The van der Waals surface area contributed by atoms with E-state index in [0.29, 0.717) is 25.3 Å². The van der Waals surface area contributed by atoms with Crippen molar-refractivity contribution in [1.82, 2.24) is 4.90 Å². The molecule has 0 aliphatic carbocycles. The first kappa shape index (κ1) is 16.2. The van der Waals surface area contributed by atoms with Gasteiger partial charge in [0.25, 0.3) is 0 Å². The number of carbonyl (C=O) groups is 1. The van der Waals surface area contributed by atoms with Crippen LogP contribution in [0.1, 0.15) is 24.5 Å². The largest absolute Gasteiger partial charge is 0.466 e. The first-order valence-corrected chi connectivity index (χ1v) is 6.56. The average molecular weight is 276 g/mol. The summed E-state index contributed by atoms with van der Waals surface area (Å²) in [7, 11) is 1.85. The van der Waals surface area contributed by atoms with Gasteiger partial charge < -0.3 is 9.84 Å². The molecular weight excluding hydrogens is 256 g/mol. The molecule has 0 fully saturated rings. The molecule has 0 saturated heterocycles. The standard InChI is InChI=1S/C15H20N2O3/c1-3-20-15(19)8-14(18)11-17(2)10-13-6-4-5-12(7-13)9-16/h4-7,14,18H,3,8,10-11H2,1-2H3. The molecular formula is C15H20N2O3. The smallest absolute Gasteiger partial charge is 0.308 e. The molecule has 1 atom stereocenters. The van der Waals surface area contributed by atoms with Gasteiger partial charge >= 0.3 is 5.97 Å². The third-order valence-electron chi connectivity index (χ3n) is 2.74. The molecule has 1 unspecified atom stereocenters. The number of hydrogen-bond donors (Lipinski definition) is 1. The number of benzene rings is 1. The van der Waals surface area contributed by atoms with E-state index in [1.807, 2.05) is 30.1 Å². The number of nitriles is 1. The van der Waals surface area contributed by atoms with E-state index in [9.17, 15) is 9.90 Å². The summed E-state index contributed by atoms with van der Waals surface area (Å²) in [6.07, 6.45) is -0.755. The Morgan fingerprint density at radius 3 is 2.95 bits per heavy atom. The van der Waals surface area contributed by atoms with Gasteiger partial charge in [-0.15, -0.1) is 0 Å². The van der Waals surface area contributed by atoms with E-state index in [0.717, 1.165) is 5.56 Å². The highest BCUT2D eigenvalue weighted by atomic mass is 16.5. The fourth-order valence-corrected chi connectivity index (χ4v) is 1.95. The second kappa shape index (κ2) is 8.31. The number of rotatable bonds is 7. The molecule has 0 spiro atoms. The van der Waals surface area contributed by atoms with Gasteiger partial charge in [0.2, 0.25) is 0 Å². The normalized spacial score (nSPS) is 11.9. The van der Waals surface area contributed by atoms with Gasteiger partial charge in [-0.2, -0.15) is 5.26 Å². The zero-order chi connectivity index (χ0) is 15.0. The van der Waals surface area contributed by atoms with Gasteiger partial charge in [0.15, 0.2) is 0 Å². The summed E-state index contributed by atoms with van der Waals surface area (Å²) in [6.45, 7) is 3.03. The highest BCUT2D eigenvalue weighted by Crippen LogP contribution is 2.08. The molecule has 0 saturated carbocycles. The molecule has 0 radical (unpaired) electrons. The second-order valence-corrected chi connectivity index (χ2v) is 4.67. The summed E-state index contributed by atoms with van der Waals surface area (Å²) in [5.74, 6) is -0.389. The summed E-state index contributed by atoms with van der Waals surface area (Å²) in [4.78, 5) is 13.1. The van der Waals surface area contributed by atoms with Gasteiger partial charge in [0.1, 0.15) is 0 Å². The zero-order valence-electron chi connectivity index (χ0n) is 11.9. The van der Waals surface area contributed by atoms with Crippen LogP contribution in [-0.2, 0) is 16.1 Å². The minimum Gasteiger partial charge on any atom is -0.466 e. The highest BCUT2D eigenvalue weighted by Gasteiger charge is 2.14. The summed E-state index contributed by atoms with van der Waals surface area (Å²) in [5, 5.41) is 18.6. The van der Waals surface area contributed by atoms with E-state index in [1.165, 1.54) is 0 Å². The minimum atomic E-state index is -0.752. The monoisotopic (exact) mass is 276 g/mol. The Kier molecular flexibility index (Phi) is 6.71. The maximum absolute atomic E-state index is 11.2. The predicted octanol–water partition coefficient (Wildman–Crippen LogP) is 1.30. The SMILES string of the molecule is CCOC(=O)CC(O)CN(C)Cc1cccc(C#N)c1. The Bertz CT molecular complexity index is 482. The molecule has 1 rings (SSSR count). The topological polar surface area (TPSA) is 73.6 Å². The van der Waals surface area contributed by atoms with E-state index in [1.54, 1.807) is 13.0 Å². The number of nitrogens with zero attached hydrogens (tertiary/aromatic N) is 2. The van der Waals surface area contributed by atoms with E-state index in [2.05, 4.69) is 6.07 Å². The van der Waals surface area contributed by atoms with E-state index in [4.69, 9.17) is 10.00 Å². The lowest BCUT2D eigenvalue weighted by atomic mass is 10.1. The van der Waals surface area contributed by atoms with Gasteiger partial charge in [0, 0.05) is 13.1 Å². The van der Waals surface area contributed by atoms with Crippen molar-refractivity contribution in [3.63, 3.8) is 0 Å². The number of ether oxygens (including phenoxy) is 1. The van der Waals surface area contributed by atoms with Crippen LogP contribution in [0.4, 0.5) is 0 Å². The maximum atomic E-state index is 11.2. The van der Waals surface area contributed by atoms with E-state index < -0.39 is 6.10 Å². The van der Waals surface area contributed by atoms with E-state index >= 15 is 0 Å². The Morgan fingerprint density at radius 1 is 1.55 bits per heavy atom. The molecule has 5 nitrogen and oxygen atoms in total. The first-order chi connectivity index (χ1) is 9.55. The van der Waals surface area contributed by atoms with Crippen LogP contribution in [-0.4, -0.2) is 42.3 Å². The third-order valence-corrected chi connectivity index (χ3v) is 2.74.